The number of rotatable bonds is 7. The summed E-state index contributed by atoms with van der Waals surface area (Å²) in [6.07, 6.45) is -1.85. The Kier molecular flexibility index (Phi) is 6.61. The van der Waals surface area contributed by atoms with Crippen LogP contribution in [0.25, 0.3) is 0 Å². The Labute approximate surface area is 142 Å². The van der Waals surface area contributed by atoms with E-state index in [1.165, 1.54) is 0 Å². The molecule has 0 saturated heterocycles. The van der Waals surface area contributed by atoms with Crippen molar-refractivity contribution in [2.24, 2.45) is 4.99 Å². The molecular formula is C15H19F3N6O. The summed E-state index contributed by atoms with van der Waals surface area (Å²) in [6, 6.07) is 4.43. The van der Waals surface area contributed by atoms with Gasteiger partial charge in [-0.25, -0.2) is 15.0 Å². The standard InChI is InChI=1S/C15H19F3N6O/c1-2-19-13(23-10-11-4-3-9-25-11)21-7-8-22-14-20-6-5-12(24-14)15(16,17)18/h3-6,9H,2,7-8,10H2,1H3,(H2,19,21,23)(H,20,22,24). The number of aromatic nitrogens is 2. The van der Waals surface area contributed by atoms with Gasteiger partial charge in [0.2, 0.25) is 5.95 Å². The molecule has 136 valence electrons. The predicted octanol–water partition coefficient (Wildman–Crippen LogP) is 2.26. The van der Waals surface area contributed by atoms with E-state index in [1.54, 1.807) is 12.3 Å². The van der Waals surface area contributed by atoms with Gasteiger partial charge in [0.15, 0.2) is 5.96 Å². The highest BCUT2D eigenvalue weighted by molar-refractivity contribution is 5.79. The summed E-state index contributed by atoms with van der Waals surface area (Å²) in [7, 11) is 0. The number of furan rings is 1. The molecule has 2 aromatic heterocycles. The van der Waals surface area contributed by atoms with Crippen LogP contribution in [-0.4, -0.2) is 35.6 Å². The SMILES string of the molecule is CCNC(=NCc1ccco1)NCCNc1nccc(C(F)(F)F)n1. The van der Waals surface area contributed by atoms with Crippen LogP contribution >= 0.6 is 0 Å². The van der Waals surface area contributed by atoms with E-state index in [0.717, 1.165) is 18.0 Å². The number of aliphatic imine (C=N–C) groups is 1. The molecule has 2 heterocycles. The Hall–Kier alpha value is -2.78. The number of hydrogen-bond acceptors (Lipinski definition) is 5. The van der Waals surface area contributed by atoms with Gasteiger partial charge in [-0.15, -0.1) is 0 Å². The quantitative estimate of drug-likeness (QED) is 0.401. The van der Waals surface area contributed by atoms with Crippen molar-refractivity contribution in [1.82, 2.24) is 20.6 Å². The molecule has 0 aliphatic rings. The van der Waals surface area contributed by atoms with Gasteiger partial charge in [-0.1, -0.05) is 0 Å². The van der Waals surface area contributed by atoms with E-state index in [-0.39, 0.29) is 5.95 Å². The number of nitrogens with one attached hydrogen (secondary N) is 3. The fraction of sp³-hybridized carbons (Fsp3) is 0.400. The molecule has 0 aromatic carbocycles. The van der Waals surface area contributed by atoms with Gasteiger partial charge in [0.1, 0.15) is 18.0 Å². The molecule has 0 saturated carbocycles. The number of guanidine groups is 1. The normalized spacial score (nSPS) is 12.1. The maximum Gasteiger partial charge on any atom is 0.433 e. The summed E-state index contributed by atoms with van der Waals surface area (Å²) < 4.78 is 43.0. The average molecular weight is 356 g/mol. The van der Waals surface area contributed by atoms with Crippen molar-refractivity contribution in [2.75, 3.05) is 25.0 Å². The predicted molar refractivity (Wildman–Crippen MR) is 87.1 cm³/mol. The summed E-state index contributed by atoms with van der Waals surface area (Å²) in [5.74, 6) is 1.23. The van der Waals surface area contributed by atoms with E-state index in [9.17, 15) is 13.2 Å². The van der Waals surface area contributed by atoms with Gasteiger partial charge < -0.3 is 20.4 Å². The molecule has 0 bridgehead atoms. The zero-order valence-electron chi connectivity index (χ0n) is 13.6. The lowest BCUT2D eigenvalue weighted by atomic mass is 10.4. The lowest BCUT2D eigenvalue weighted by Gasteiger charge is -2.12. The minimum atomic E-state index is -4.49. The van der Waals surface area contributed by atoms with Crippen LogP contribution in [-0.2, 0) is 12.7 Å². The maximum atomic E-state index is 12.6. The van der Waals surface area contributed by atoms with Crippen LogP contribution in [0.4, 0.5) is 19.1 Å². The molecule has 0 aliphatic carbocycles. The second kappa shape index (κ2) is 8.90. The van der Waals surface area contributed by atoms with Crippen LogP contribution in [0, 0.1) is 0 Å². The topological polar surface area (TPSA) is 87.4 Å². The highest BCUT2D eigenvalue weighted by Crippen LogP contribution is 2.27. The molecule has 0 spiro atoms. The van der Waals surface area contributed by atoms with Crippen molar-refractivity contribution in [3.05, 3.63) is 42.1 Å². The largest absolute Gasteiger partial charge is 0.467 e. The van der Waals surface area contributed by atoms with Gasteiger partial charge in [0.25, 0.3) is 0 Å². The molecule has 0 radical (unpaired) electrons. The number of hydrogen-bond donors (Lipinski definition) is 3. The third-order valence-corrected chi connectivity index (χ3v) is 2.96. The van der Waals surface area contributed by atoms with E-state index in [1.807, 2.05) is 13.0 Å². The van der Waals surface area contributed by atoms with E-state index in [0.29, 0.717) is 32.1 Å². The number of halogens is 3. The highest BCUT2D eigenvalue weighted by Gasteiger charge is 2.32. The van der Waals surface area contributed by atoms with Gasteiger partial charge in [0.05, 0.1) is 6.26 Å². The van der Waals surface area contributed by atoms with Crippen LogP contribution in [0.5, 0.6) is 0 Å². The van der Waals surface area contributed by atoms with E-state index in [2.05, 4.69) is 30.9 Å². The van der Waals surface area contributed by atoms with Crippen LogP contribution in [0.2, 0.25) is 0 Å². The third-order valence-electron chi connectivity index (χ3n) is 2.96. The molecule has 0 atom stereocenters. The summed E-state index contributed by atoms with van der Waals surface area (Å²) in [6.45, 7) is 3.73. The summed E-state index contributed by atoms with van der Waals surface area (Å²) in [5, 5.41) is 8.86. The summed E-state index contributed by atoms with van der Waals surface area (Å²) in [5.41, 5.74) is -0.980. The van der Waals surface area contributed by atoms with Crippen molar-refractivity contribution in [1.29, 1.82) is 0 Å². The Morgan fingerprint density at radius 1 is 1.24 bits per heavy atom. The summed E-state index contributed by atoms with van der Waals surface area (Å²) in [4.78, 5) is 11.5. The summed E-state index contributed by atoms with van der Waals surface area (Å²) >= 11 is 0. The molecule has 7 nitrogen and oxygen atoms in total. The molecule has 10 heteroatoms. The second-order valence-corrected chi connectivity index (χ2v) is 4.89. The number of anilines is 1. The number of alkyl halides is 3. The van der Waals surface area contributed by atoms with Gasteiger partial charge in [-0.05, 0) is 25.1 Å². The molecular weight excluding hydrogens is 337 g/mol. The first-order valence-electron chi connectivity index (χ1n) is 7.67. The fourth-order valence-corrected chi connectivity index (χ4v) is 1.86. The van der Waals surface area contributed by atoms with E-state index in [4.69, 9.17) is 4.42 Å². The van der Waals surface area contributed by atoms with Crippen molar-refractivity contribution in [3.63, 3.8) is 0 Å². The Balaban J connectivity index is 1.81. The van der Waals surface area contributed by atoms with Crippen molar-refractivity contribution >= 4 is 11.9 Å². The first-order chi connectivity index (χ1) is 12.0. The maximum absolute atomic E-state index is 12.6. The molecule has 0 unspecified atom stereocenters. The van der Waals surface area contributed by atoms with E-state index >= 15 is 0 Å². The highest BCUT2D eigenvalue weighted by atomic mass is 19.4. The zero-order valence-corrected chi connectivity index (χ0v) is 13.6. The molecule has 3 N–H and O–H groups in total. The van der Waals surface area contributed by atoms with Gasteiger partial charge in [-0.2, -0.15) is 13.2 Å². The minimum absolute atomic E-state index is 0.0749. The minimum Gasteiger partial charge on any atom is -0.467 e. The number of nitrogens with zero attached hydrogens (tertiary/aromatic N) is 3. The smallest absolute Gasteiger partial charge is 0.433 e. The van der Waals surface area contributed by atoms with Crippen molar-refractivity contribution < 1.29 is 17.6 Å². The lowest BCUT2D eigenvalue weighted by Crippen LogP contribution is -2.39. The van der Waals surface area contributed by atoms with Crippen LogP contribution in [0.3, 0.4) is 0 Å². The molecule has 2 aromatic rings. The van der Waals surface area contributed by atoms with E-state index < -0.39 is 11.9 Å². The van der Waals surface area contributed by atoms with Crippen LogP contribution in [0.15, 0.2) is 40.1 Å². The van der Waals surface area contributed by atoms with Crippen molar-refractivity contribution in [2.45, 2.75) is 19.6 Å². The fourth-order valence-electron chi connectivity index (χ4n) is 1.86. The average Bonchev–Trinajstić information content (AvgIpc) is 3.09. The molecule has 0 fully saturated rings. The Bertz CT molecular complexity index is 672. The third kappa shape index (κ3) is 6.32. The van der Waals surface area contributed by atoms with Gasteiger partial charge in [-0.3, -0.25) is 0 Å². The Morgan fingerprint density at radius 2 is 2.08 bits per heavy atom. The van der Waals surface area contributed by atoms with Crippen LogP contribution < -0.4 is 16.0 Å². The zero-order chi connectivity index (χ0) is 18.1. The molecule has 0 aliphatic heterocycles. The van der Waals surface area contributed by atoms with Crippen molar-refractivity contribution in [3.8, 4) is 0 Å². The Morgan fingerprint density at radius 3 is 2.76 bits per heavy atom. The van der Waals surface area contributed by atoms with Gasteiger partial charge >= 0.3 is 6.18 Å². The second-order valence-electron chi connectivity index (χ2n) is 4.89. The molecule has 25 heavy (non-hydrogen) atoms. The van der Waals surface area contributed by atoms with Gasteiger partial charge in [0, 0.05) is 25.8 Å². The van der Waals surface area contributed by atoms with Crippen LogP contribution in [0.1, 0.15) is 18.4 Å². The first kappa shape index (κ1) is 18.6. The monoisotopic (exact) mass is 356 g/mol. The molecule has 2 rings (SSSR count). The first-order valence-corrected chi connectivity index (χ1v) is 7.67. The molecule has 0 amide bonds. The lowest BCUT2D eigenvalue weighted by molar-refractivity contribution is -0.141.